The second-order valence-corrected chi connectivity index (χ2v) is 7.17. The third kappa shape index (κ3) is 4.65. The highest BCUT2D eigenvalue weighted by Crippen LogP contribution is 2.24. The number of aryl methyl sites for hydroxylation is 2. The molecular weight excluding hydrogens is 408 g/mol. The zero-order chi connectivity index (χ0) is 19.4. The Bertz CT molecular complexity index is 960. The number of nitrogens with zero attached hydrogens (tertiary/aromatic N) is 1. The molecule has 0 unspecified atom stereocenters. The number of rotatable bonds is 6. The van der Waals surface area contributed by atoms with Crippen LogP contribution < -0.4 is 5.43 Å². The monoisotopic (exact) mass is 426 g/mol. The van der Waals surface area contributed by atoms with Gasteiger partial charge in [-0.25, -0.2) is 0 Å². The van der Waals surface area contributed by atoms with Crippen molar-refractivity contribution in [3.8, 4) is 11.3 Å². The van der Waals surface area contributed by atoms with E-state index in [-0.39, 0.29) is 12.3 Å². The van der Waals surface area contributed by atoms with Crippen LogP contribution in [0.4, 0.5) is 0 Å². The first-order valence-electron chi connectivity index (χ1n) is 8.50. The van der Waals surface area contributed by atoms with E-state index < -0.39 is 5.97 Å². The summed E-state index contributed by atoms with van der Waals surface area (Å²) in [6.45, 7) is 1.96. The van der Waals surface area contributed by atoms with Crippen LogP contribution in [0.2, 0.25) is 0 Å². The Hall–Kier alpha value is -2.86. The quantitative estimate of drug-likeness (QED) is 0.603. The Kier molecular flexibility index (Phi) is 5.76. The highest BCUT2D eigenvalue weighted by molar-refractivity contribution is 9.10. The van der Waals surface area contributed by atoms with Gasteiger partial charge in [0.1, 0.15) is 0 Å². The van der Waals surface area contributed by atoms with Gasteiger partial charge in [-0.2, -0.15) is 0 Å². The molecular formula is C21H19BrN2O3. The van der Waals surface area contributed by atoms with Crippen molar-refractivity contribution in [2.24, 2.45) is 0 Å². The van der Waals surface area contributed by atoms with Gasteiger partial charge in [0.2, 0.25) is 0 Å². The summed E-state index contributed by atoms with van der Waals surface area (Å²) in [5.74, 6) is -1.13. The fourth-order valence-corrected chi connectivity index (χ4v) is 3.02. The molecule has 6 heteroatoms. The van der Waals surface area contributed by atoms with Gasteiger partial charge >= 0.3 is 5.97 Å². The summed E-state index contributed by atoms with van der Waals surface area (Å²) >= 11 is 3.42. The van der Waals surface area contributed by atoms with Crippen LogP contribution in [0.25, 0.3) is 11.3 Å². The number of hydrogen-bond donors (Lipinski definition) is 2. The highest BCUT2D eigenvalue weighted by atomic mass is 79.9. The van der Waals surface area contributed by atoms with E-state index in [2.05, 4.69) is 21.4 Å². The minimum Gasteiger partial charge on any atom is -0.481 e. The molecule has 0 fully saturated rings. The number of amides is 1. The van der Waals surface area contributed by atoms with Crippen molar-refractivity contribution in [2.75, 3.05) is 5.43 Å². The number of benzene rings is 2. The van der Waals surface area contributed by atoms with E-state index in [4.69, 9.17) is 5.11 Å². The smallest absolute Gasteiger partial charge is 0.303 e. The summed E-state index contributed by atoms with van der Waals surface area (Å²) in [5.41, 5.74) is 6.97. The van der Waals surface area contributed by atoms with E-state index in [1.807, 2.05) is 55.5 Å². The number of aromatic nitrogens is 1. The maximum atomic E-state index is 12.7. The van der Waals surface area contributed by atoms with Gasteiger partial charge in [-0.05, 0) is 43.3 Å². The van der Waals surface area contributed by atoms with E-state index in [1.54, 1.807) is 16.8 Å². The van der Waals surface area contributed by atoms with Crippen LogP contribution in [0.1, 0.15) is 28.0 Å². The second kappa shape index (κ2) is 8.22. The lowest BCUT2D eigenvalue weighted by molar-refractivity contribution is -0.136. The Morgan fingerprint density at radius 3 is 2.30 bits per heavy atom. The van der Waals surface area contributed by atoms with Crippen molar-refractivity contribution in [3.63, 3.8) is 0 Å². The van der Waals surface area contributed by atoms with Gasteiger partial charge in [-0.3, -0.25) is 19.7 Å². The maximum absolute atomic E-state index is 12.7. The standard InChI is InChI=1S/C21H19BrN2O3/c1-14-2-4-16(5-3-14)21(27)23-24-18(11-13-20(25)26)10-12-19(24)15-6-8-17(22)9-7-15/h2-10,12H,11,13H2,1H3,(H,23,27)(H,25,26). The fraction of sp³-hybridized carbons (Fsp3) is 0.143. The molecule has 1 amide bonds. The molecule has 0 radical (unpaired) electrons. The SMILES string of the molecule is Cc1ccc(C(=O)Nn2c(CCC(=O)O)ccc2-c2ccc(Br)cc2)cc1. The van der Waals surface area contributed by atoms with Crippen molar-refractivity contribution in [1.82, 2.24) is 4.68 Å². The third-order valence-corrected chi connectivity index (χ3v) is 4.75. The van der Waals surface area contributed by atoms with Gasteiger partial charge in [0.15, 0.2) is 0 Å². The maximum Gasteiger partial charge on any atom is 0.303 e. The molecule has 0 spiro atoms. The van der Waals surface area contributed by atoms with Crippen molar-refractivity contribution >= 4 is 27.8 Å². The number of carboxylic acids is 1. The summed E-state index contributed by atoms with van der Waals surface area (Å²) < 4.78 is 2.63. The van der Waals surface area contributed by atoms with Crippen LogP contribution in [-0.4, -0.2) is 21.7 Å². The van der Waals surface area contributed by atoms with E-state index in [1.165, 1.54) is 0 Å². The van der Waals surface area contributed by atoms with Gasteiger partial charge in [0, 0.05) is 27.7 Å². The predicted octanol–water partition coefficient (Wildman–Crippen LogP) is 4.63. The molecule has 0 aliphatic heterocycles. The van der Waals surface area contributed by atoms with Crippen molar-refractivity contribution in [1.29, 1.82) is 0 Å². The van der Waals surface area contributed by atoms with E-state index in [9.17, 15) is 9.59 Å². The summed E-state index contributed by atoms with van der Waals surface area (Å²) in [4.78, 5) is 23.7. The average molecular weight is 427 g/mol. The number of carbonyl (C=O) groups is 2. The van der Waals surface area contributed by atoms with Crippen molar-refractivity contribution < 1.29 is 14.7 Å². The minimum atomic E-state index is -0.877. The molecule has 2 N–H and O–H groups in total. The van der Waals surface area contributed by atoms with Gasteiger partial charge in [0.25, 0.3) is 5.91 Å². The van der Waals surface area contributed by atoms with Crippen molar-refractivity contribution in [3.05, 3.63) is 82.0 Å². The molecule has 3 rings (SSSR count). The molecule has 0 atom stereocenters. The molecule has 1 aromatic heterocycles. The molecule has 0 saturated carbocycles. The van der Waals surface area contributed by atoms with E-state index >= 15 is 0 Å². The zero-order valence-corrected chi connectivity index (χ0v) is 16.4. The van der Waals surface area contributed by atoms with Gasteiger partial charge in [0.05, 0.1) is 12.1 Å². The third-order valence-electron chi connectivity index (χ3n) is 4.22. The Morgan fingerprint density at radius 2 is 1.67 bits per heavy atom. The van der Waals surface area contributed by atoms with Crippen LogP contribution in [0.15, 0.2) is 65.1 Å². The molecule has 5 nitrogen and oxygen atoms in total. The number of nitrogens with one attached hydrogen (secondary N) is 1. The van der Waals surface area contributed by atoms with Crippen LogP contribution in [0.3, 0.4) is 0 Å². The van der Waals surface area contributed by atoms with Crippen LogP contribution >= 0.6 is 15.9 Å². The molecule has 27 heavy (non-hydrogen) atoms. The van der Waals surface area contributed by atoms with E-state index in [0.29, 0.717) is 12.0 Å². The molecule has 3 aromatic rings. The summed E-state index contributed by atoms with van der Waals surface area (Å²) in [6.07, 6.45) is 0.310. The first-order valence-corrected chi connectivity index (χ1v) is 9.30. The molecule has 1 heterocycles. The van der Waals surface area contributed by atoms with Crippen LogP contribution in [0, 0.1) is 6.92 Å². The first kappa shape index (κ1) is 18.9. The number of aliphatic carboxylic acids is 1. The lowest BCUT2D eigenvalue weighted by Gasteiger charge is -2.15. The lowest BCUT2D eigenvalue weighted by atomic mass is 10.1. The summed E-state index contributed by atoms with van der Waals surface area (Å²) in [6, 6.07) is 18.7. The largest absolute Gasteiger partial charge is 0.481 e. The molecule has 0 aliphatic rings. The fourth-order valence-electron chi connectivity index (χ4n) is 2.76. The van der Waals surface area contributed by atoms with Crippen LogP contribution in [-0.2, 0) is 11.2 Å². The first-order chi connectivity index (χ1) is 12.9. The summed E-state index contributed by atoms with van der Waals surface area (Å²) in [5, 5.41) is 9.00. The lowest BCUT2D eigenvalue weighted by Crippen LogP contribution is -2.25. The normalized spacial score (nSPS) is 10.6. The van der Waals surface area contributed by atoms with Crippen LogP contribution in [0.5, 0.6) is 0 Å². The Morgan fingerprint density at radius 1 is 1.00 bits per heavy atom. The van der Waals surface area contributed by atoms with E-state index in [0.717, 1.165) is 27.0 Å². The van der Waals surface area contributed by atoms with Gasteiger partial charge < -0.3 is 5.11 Å². The average Bonchev–Trinajstić information content (AvgIpc) is 3.03. The molecule has 138 valence electrons. The number of carbonyl (C=O) groups excluding carboxylic acids is 1. The summed E-state index contributed by atoms with van der Waals surface area (Å²) in [7, 11) is 0. The molecule has 0 bridgehead atoms. The second-order valence-electron chi connectivity index (χ2n) is 6.25. The molecule has 2 aromatic carbocycles. The van der Waals surface area contributed by atoms with Gasteiger partial charge in [-0.15, -0.1) is 0 Å². The number of halogens is 1. The van der Waals surface area contributed by atoms with Crippen molar-refractivity contribution in [2.45, 2.75) is 19.8 Å². The molecule has 0 saturated heterocycles. The van der Waals surface area contributed by atoms with Gasteiger partial charge in [-0.1, -0.05) is 45.8 Å². The predicted molar refractivity (Wildman–Crippen MR) is 108 cm³/mol. The minimum absolute atomic E-state index is 0.00973. The number of carboxylic acid groups (broad SMARTS) is 1. The zero-order valence-electron chi connectivity index (χ0n) is 14.8. The highest BCUT2D eigenvalue weighted by Gasteiger charge is 2.15. The number of hydrogen-bond acceptors (Lipinski definition) is 2. The Labute approximate surface area is 165 Å². The Balaban J connectivity index is 1.95. The molecule has 0 aliphatic carbocycles. The topological polar surface area (TPSA) is 71.3 Å².